The van der Waals surface area contributed by atoms with E-state index < -0.39 is 0 Å². The number of nitrogens with one attached hydrogen (secondary N) is 1. The van der Waals surface area contributed by atoms with Gasteiger partial charge in [-0.1, -0.05) is 29.8 Å². The Morgan fingerprint density at radius 2 is 1.88 bits per heavy atom. The van der Waals surface area contributed by atoms with Gasteiger partial charge in [-0.05, 0) is 42.8 Å². The van der Waals surface area contributed by atoms with E-state index in [1.54, 1.807) is 25.4 Å². The number of ether oxygens (including phenoxy) is 1. The molecule has 0 saturated heterocycles. The van der Waals surface area contributed by atoms with Gasteiger partial charge in [-0.25, -0.2) is 9.98 Å². The molecule has 0 bridgehead atoms. The van der Waals surface area contributed by atoms with Crippen molar-refractivity contribution < 1.29 is 9.53 Å². The van der Waals surface area contributed by atoms with Crippen LogP contribution in [0, 0.1) is 6.92 Å². The van der Waals surface area contributed by atoms with E-state index in [4.69, 9.17) is 26.3 Å². The molecule has 6 nitrogen and oxygen atoms in total. The number of benzene rings is 2. The molecule has 4 rings (SSSR count). The third-order valence-corrected chi connectivity index (χ3v) is 6.17. The first kappa shape index (κ1) is 22.0. The molecular weight excluding hydrogens is 444 g/mol. The number of hydrogen-bond acceptors (Lipinski definition) is 6. The Morgan fingerprint density at radius 1 is 1.12 bits per heavy atom. The molecule has 1 aromatic heterocycles. The topological polar surface area (TPSA) is 75.9 Å². The Bertz CT molecular complexity index is 1210. The molecule has 0 aliphatic carbocycles. The van der Waals surface area contributed by atoms with Crippen molar-refractivity contribution >= 4 is 57.1 Å². The monoisotopic (exact) mass is 464 g/mol. The smallest absolute Gasteiger partial charge is 0.234 e. The van der Waals surface area contributed by atoms with Crippen molar-refractivity contribution in [1.82, 2.24) is 4.98 Å². The van der Waals surface area contributed by atoms with Gasteiger partial charge in [0.2, 0.25) is 5.91 Å². The Balaban J connectivity index is 1.52. The van der Waals surface area contributed by atoms with Crippen LogP contribution in [-0.4, -0.2) is 34.5 Å². The number of aliphatic imine (C=N–C) groups is 2. The van der Waals surface area contributed by atoms with Gasteiger partial charge < -0.3 is 10.1 Å². The van der Waals surface area contributed by atoms with E-state index in [-0.39, 0.29) is 11.7 Å². The minimum atomic E-state index is -0.161. The molecule has 1 N–H and O–H groups in total. The second-order valence-corrected chi connectivity index (χ2v) is 8.54. The molecule has 2 aromatic carbocycles. The zero-order valence-electron chi connectivity index (χ0n) is 17.6. The van der Waals surface area contributed by atoms with Crippen molar-refractivity contribution in [1.29, 1.82) is 0 Å². The molecule has 8 heteroatoms. The van der Waals surface area contributed by atoms with E-state index >= 15 is 0 Å². The summed E-state index contributed by atoms with van der Waals surface area (Å²) in [5, 5.41) is 4.29. The first-order valence-corrected chi connectivity index (χ1v) is 11.3. The van der Waals surface area contributed by atoms with Crippen LogP contribution in [0.5, 0.6) is 5.75 Å². The average molecular weight is 465 g/mol. The van der Waals surface area contributed by atoms with Crippen LogP contribution in [0.2, 0.25) is 5.02 Å². The number of rotatable bonds is 5. The van der Waals surface area contributed by atoms with Gasteiger partial charge in [-0.2, -0.15) is 0 Å². The quantitative estimate of drug-likeness (QED) is 0.504. The lowest BCUT2D eigenvalue weighted by Gasteiger charge is -2.12. The second-order valence-electron chi connectivity index (χ2n) is 7.08. The summed E-state index contributed by atoms with van der Waals surface area (Å²) in [5.74, 6) is 0.553. The average Bonchev–Trinajstić information content (AvgIpc) is 3.00. The lowest BCUT2D eigenvalue weighted by Crippen LogP contribution is -2.17. The van der Waals surface area contributed by atoms with Crippen molar-refractivity contribution in [2.24, 2.45) is 9.98 Å². The van der Waals surface area contributed by atoms with Gasteiger partial charge in [0.15, 0.2) is 0 Å². The van der Waals surface area contributed by atoms with Gasteiger partial charge in [0.05, 0.1) is 46.4 Å². The summed E-state index contributed by atoms with van der Waals surface area (Å²) in [6.07, 6.45) is 2.24. The number of carbonyl (C=O) groups excluding carboxylic acids is 1. The van der Waals surface area contributed by atoms with Crippen LogP contribution in [0.25, 0.3) is 0 Å². The highest BCUT2D eigenvalue weighted by Gasteiger charge is 2.18. The van der Waals surface area contributed by atoms with Gasteiger partial charge in [-0.15, -0.1) is 11.8 Å². The number of hydrogen-bond donors (Lipinski definition) is 1. The number of fused-ring (bicyclic) bond motifs is 1. The highest BCUT2D eigenvalue weighted by molar-refractivity contribution is 8.14. The first-order chi connectivity index (χ1) is 15.5. The van der Waals surface area contributed by atoms with Gasteiger partial charge >= 0.3 is 0 Å². The molecule has 0 radical (unpaired) electrons. The van der Waals surface area contributed by atoms with Crippen LogP contribution in [0.15, 0.2) is 70.8 Å². The zero-order chi connectivity index (χ0) is 22.5. The maximum atomic E-state index is 12.7. The summed E-state index contributed by atoms with van der Waals surface area (Å²) in [6.45, 7) is 1.88. The number of aryl methyl sites for hydroxylation is 1. The standard InChI is InChI=1S/C24H21ClN4O2S/c1-15-11-21(22(31-2)12-16(15)25)28-23(30)14-32-24-13-20(17-7-5-6-10-26-17)27-18-8-3-4-9-19(18)29-24/h3-12H,13-14H2,1-2H3,(H,28,30). The van der Waals surface area contributed by atoms with Crippen molar-refractivity contribution in [2.75, 3.05) is 18.2 Å². The van der Waals surface area contributed by atoms with E-state index in [1.165, 1.54) is 11.8 Å². The molecule has 1 amide bonds. The number of carbonyl (C=O) groups is 1. The number of para-hydroxylation sites is 2. The number of nitrogens with zero attached hydrogens (tertiary/aromatic N) is 3. The molecule has 0 unspecified atom stereocenters. The van der Waals surface area contributed by atoms with Crippen LogP contribution < -0.4 is 10.1 Å². The van der Waals surface area contributed by atoms with E-state index in [0.29, 0.717) is 22.9 Å². The minimum Gasteiger partial charge on any atom is -0.495 e. The molecule has 3 aromatic rings. The van der Waals surface area contributed by atoms with E-state index in [1.807, 2.05) is 49.4 Å². The van der Waals surface area contributed by atoms with E-state index in [2.05, 4.69) is 10.3 Å². The third kappa shape index (κ3) is 5.18. The third-order valence-electron chi connectivity index (χ3n) is 4.79. The van der Waals surface area contributed by atoms with Gasteiger partial charge in [0.25, 0.3) is 0 Å². The van der Waals surface area contributed by atoms with Crippen LogP contribution in [-0.2, 0) is 4.79 Å². The zero-order valence-corrected chi connectivity index (χ0v) is 19.2. The molecule has 162 valence electrons. The number of amides is 1. The molecular formula is C24H21ClN4O2S. The maximum absolute atomic E-state index is 12.7. The lowest BCUT2D eigenvalue weighted by atomic mass is 10.2. The maximum Gasteiger partial charge on any atom is 0.234 e. The highest BCUT2D eigenvalue weighted by Crippen LogP contribution is 2.34. The van der Waals surface area contributed by atoms with Crippen LogP contribution in [0.3, 0.4) is 0 Å². The summed E-state index contributed by atoms with van der Waals surface area (Å²) in [5.41, 5.74) is 4.62. The fourth-order valence-corrected chi connectivity index (χ4v) is 4.11. The minimum absolute atomic E-state index is 0.161. The van der Waals surface area contributed by atoms with Crippen LogP contribution in [0.4, 0.5) is 17.1 Å². The van der Waals surface area contributed by atoms with Crippen molar-refractivity contribution in [3.63, 3.8) is 0 Å². The Morgan fingerprint density at radius 3 is 2.59 bits per heavy atom. The number of methoxy groups -OCH3 is 1. The highest BCUT2D eigenvalue weighted by atomic mass is 35.5. The Labute approximate surface area is 195 Å². The molecule has 32 heavy (non-hydrogen) atoms. The van der Waals surface area contributed by atoms with Crippen LogP contribution in [0.1, 0.15) is 17.7 Å². The Hall–Kier alpha value is -3.16. The molecule has 0 spiro atoms. The van der Waals surface area contributed by atoms with E-state index in [0.717, 1.165) is 33.4 Å². The SMILES string of the molecule is COc1cc(Cl)c(C)cc1NC(=O)CSC1=Nc2ccccc2N=C(c2ccccn2)C1. The predicted molar refractivity (Wildman–Crippen MR) is 132 cm³/mol. The summed E-state index contributed by atoms with van der Waals surface area (Å²) < 4.78 is 5.34. The van der Waals surface area contributed by atoms with Crippen molar-refractivity contribution in [3.8, 4) is 5.75 Å². The number of halogens is 1. The fraction of sp³-hybridized carbons (Fsp3) is 0.167. The second kappa shape index (κ2) is 9.97. The van der Waals surface area contributed by atoms with Crippen molar-refractivity contribution in [3.05, 3.63) is 77.1 Å². The number of aromatic nitrogens is 1. The summed E-state index contributed by atoms with van der Waals surface area (Å²) >= 11 is 7.54. The van der Waals surface area contributed by atoms with Gasteiger partial charge in [0, 0.05) is 23.7 Å². The lowest BCUT2D eigenvalue weighted by molar-refractivity contribution is -0.113. The van der Waals surface area contributed by atoms with Crippen molar-refractivity contribution in [2.45, 2.75) is 13.3 Å². The number of anilines is 1. The molecule has 0 atom stereocenters. The Kier molecular flexibility index (Phi) is 6.87. The molecule has 1 aliphatic rings. The summed E-state index contributed by atoms with van der Waals surface area (Å²) in [6, 6.07) is 16.9. The van der Waals surface area contributed by atoms with Crippen LogP contribution >= 0.6 is 23.4 Å². The largest absolute Gasteiger partial charge is 0.495 e. The summed E-state index contributed by atoms with van der Waals surface area (Å²) in [7, 11) is 1.54. The fourth-order valence-electron chi connectivity index (χ4n) is 3.18. The molecule has 0 fully saturated rings. The normalized spacial score (nSPS) is 12.8. The molecule has 0 saturated carbocycles. The number of pyridine rings is 1. The summed E-state index contributed by atoms with van der Waals surface area (Å²) in [4.78, 5) is 26.7. The molecule has 2 heterocycles. The molecule has 1 aliphatic heterocycles. The predicted octanol–water partition coefficient (Wildman–Crippen LogP) is 5.98. The van der Waals surface area contributed by atoms with Gasteiger partial charge in [-0.3, -0.25) is 9.78 Å². The van der Waals surface area contributed by atoms with Gasteiger partial charge in [0.1, 0.15) is 5.75 Å². The van der Waals surface area contributed by atoms with E-state index in [9.17, 15) is 4.79 Å². The first-order valence-electron chi connectivity index (χ1n) is 9.96. The number of thioether (sulfide) groups is 1.